The van der Waals surface area contributed by atoms with E-state index in [1.54, 1.807) is 30.9 Å². The third kappa shape index (κ3) is 5.55. The Kier molecular flexibility index (Phi) is 7.51. The Bertz CT molecular complexity index is 954. The molecule has 1 aromatic heterocycles. The Morgan fingerprint density at radius 2 is 1.81 bits per heavy atom. The van der Waals surface area contributed by atoms with E-state index >= 15 is 0 Å². The summed E-state index contributed by atoms with van der Waals surface area (Å²) in [4.78, 5) is 39.6. The van der Waals surface area contributed by atoms with Crippen molar-refractivity contribution in [2.24, 2.45) is 0 Å². The van der Waals surface area contributed by atoms with E-state index in [0.29, 0.717) is 42.4 Å². The highest BCUT2D eigenvalue weighted by atomic mass is 32.1. The van der Waals surface area contributed by atoms with Crippen LogP contribution in [0.4, 0.5) is 9.80 Å². The van der Waals surface area contributed by atoms with Crippen LogP contribution in [-0.4, -0.2) is 49.2 Å². The Hall–Kier alpha value is -3.07. The number of amides is 2. The normalized spacial score (nSPS) is 12.7. The van der Waals surface area contributed by atoms with Crippen LogP contribution >= 0.6 is 11.3 Å². The molecule has 31 heavy (non-hydrogen) atoms. The molecule has 0 radical (unpaired) electrons. The van der Waals surface area contributed by atoms with E-state index in [1.807, 2.05) is 19.1 Å². The molecule has 1 N–H and O–H groups in total. The van der Waals surface area contributed by atoms with Gasteiger partial charge < -0.3 is 24.4 Å². The minimum absolute atomic E-state index is 0.192. The Labute approximate surface area is 185 Å². The number of thiophene rings is 1. The van der Waals surface area contributed by atoms with E-state index in [-0.39, 0.29) is 19.1 Å². The predicted octanol–water partition coefficient (Wildman–Crippen LogP) is 3.77. The first kappa shape index (κ1) is 22.6. The summed E-state index contributed by atoms with van der Waals surface area (Å²) in [5, 5.41) is 3.19. The van der Waals surface area contributed by atoms with Crippen LogP contribution in [-0.2, 0) is 27.2 Å². The summed E-state index contributed by atoms with van der Waals surface area (Å²) in [5.74, 6) is -0.284. The molecule has 3 rings (SSSR count). The van der Waals surface area contributed by atoms with Gasteiger partial charge in [0, 0.05) is 11.4 Å². The van der Waals surface area contributed by atoms with Crippen molar-refractivity contribution in [3.05, 3.63) is 45.8 Å². The molecule has 1 aromatic carbocycles. The van der Waals surface area contributed by atoms with Crippen molar-refractivity contribution >= 4 is 34.3 Å². The van der Waals surface area contributed by atoms with Gasteiger partial charge in [-0.15, -0.1) is 11.3 Å². The summed E-state index contributed by atoms with van der Waals surface area (Å²) in [6, 6.07) is 7.38. The van der Waals surface area contributed by atoms with Gasteiger partial charge >= 0.3 is 12.1 Å². The van der Waals surface area contributed by atoms with Crippen LogP contribution in [0, 0.1) is 6.92 Å². The zero-order valence-corrected chi connectivity index (χ0v) is 18.7. The molecule has 166 valence electrons. The Morgan fingerprint density at radius 3 is 2.48 bits per heavy atom. The van der Waals surface area contributed by atoms with Gasteiger partial charge in [0.15, 0.2) is 6.61 Å². The third-order valence-corrected chi connectivity index (χ3v) is 5.84. The van der Waals surface area contributed by atoms with Crippen LogP contribution in [0.1, 0.15) is 40.2 Å². The average molecular weight is 447 g/mol. The van der Waals surface area contributed by atoms with Crippen LogP contribution < -0.4 is 10.1 Å². The molecular weight excluding hydrogens is 420 g/mol. The van der Waals surface area contributed by atoms with E-state index in [0.717, 1.165) is 16.0 Å². The van der Waals surface area contributed by atoms with Gasteiger partial charge in [-0.3, -0.25) is 4.79 Å². The molecular formula is C22H26N2O6S. The number of hydrogen-bond acceptors (Lipinski definition) is 7. The van der Waals surface area contributed by atoms with Crippen molar-refractivity contribution in [1.29, 1.82) is 0 Å². The number of aryl methyl sites for hydroxylation is 1. The number of nitrogens with one attached hydrogen (secondary N) is 1. The van der Waals surface area contributed by atoms with Crippen LogP contribution in [0.3, 0.4) is 0 Å². The van der Waals surface area contributed by atoms with Crippen LogP contribution in [0.2, 0.25) is 0 Å². The number of nitrogens with zero attached hydrogens (tertiary/aromatic N) is 1. The average Bonchev–Trinajstić information content (AvgIpc) is 3.10. The first-order valence-corrected chi connectivity index (χ1v) is 11.0. The molecule has 1 aliphatic rings. The van der Waals surface area contributed by atoms with Gasteiger partial charge in [-0.2, -0.15) is 0 Å². The molecule has 0 atom stereocenters. The number of fused-ring (bicyclic) bond motifs is 1. The van der Waals surface area contributed by atoms with Gasteiger partial charge in [0.2, 0.25) is 0 Å². The summed E-state index contributed by atoms with van der Waals surface area (Å²) >= 11 is 1.27. The molecule has 2 heterocycles. The number of hydrogen-bond donors (Lipinski definition) is 1. The zero-order valence-electron chi connectivity index (χ0n) is 17.9. The van der Waals surface area contributed by atoms with E-state index in [1.165, 1.54) is 11.3 Å². The molecule has 0 unspecified atom stereocenters. The maximum Gasteiger partial charge on any atom is 0.410 e. The summed E-state index contributed by atoms with van der Waals surface area (Å²) in [6.07, 6.45) is 0.0884. The van der Waals surface area contributed by atoms with E-state index in [2.05, 4.69) is 5.32 Å². The van der Waals surface area contributed by atoms with Crippen molar-refractivity contribution in [2.75, 3.05) is 31.7 Å². The van der Waals surface area contributed by atoms with Crippen LogP contribution in [0.25, 0.3) is 0 Å². The molecule has 0 saturated carbocycles. The summed E-state index contributed by atoms with van der Waals surface area (Å²) in [5.41, 5.74) is 2.25. The van der Waals surface area contributed by atoms with Crippen molar-refractivity contribution in [2.45, 2.75) is 33.7 Å². The topological polar surface area (TPSA) is 94.2 Å². The van der Waals surface area contributed by atoms with Gasteiger partial charge in [0.05, 0.1) is 25.3 Å². The molecule has 8 nitrogen and oxygen atoms in total. The fourth-order valence-corrected chi connectivity index (χ4v) is 4.50. The molecule has 9 heteroatoms. The number of ether oxygens (including phenoxy) is 3. The minimum atomic E-state index is -0.487. The third-order valence-electron chi connectivity index (χ3n) is 4.71. The first-order valence-electron chi connectivity index (χ1n) is 10.2. The monoisotopic (exact) mass is 446 g/mol. The second kappa shape index (κ2) is 10.3. The van der Waals surface area contributed by atoms with Crippen molar-refractivity contribution in [3.63, 3.8) is 0 Å². The number of rotatable bonds is 7. The summed E-state index contributed by atoms with van der Waals surface area (Å²) in [6.45, 7) is 6.53. The molecule has 0 saturated heterocycles. The molecule has 2 amide bonds. The smallest absolute Gasteiger partial charge is 0.410 e. The fourth-order valence-electron chi connectivity index (χ4n) is 3.23. The summed E-state index contributed by atoms with van der Waals surface area (Å²) in [7, 11) is 0. The maximum absolute atomic E-state index is 12.6. The van der Waals surface area contributed by atoms with Crippen molar-refractivity contribution < 1.29 is 28.6 Å². The largest absolute Gasteiger partial charge is 0.484 e. The van der Waals surface area contributed by atoms with Crippen LogP contribution in [0.15, 0.2) is 24.3 Å². The van der Waals surface area contributed by atoms with E-state index in [4.69, 9.17) is 14.2 Å². The van der Waals surface area contributed by atoms with E-state index < -0.39 is 12.1 Å². The Balaban J connectivity index is 1.75. The SMILES string of the molecule is CCOC(=O)c1c(NC(=O)COc2ccc(C)cc2)sc2c1CCN(C(=O)OCC)C2. The number of carbonyl (C=O) groups excluding carboxylic acids is 3. The molecule has 0 spiro atoms. The highest BCUT2D eigenvalue weighted by Crippen LogP contribution is 2.37. The number of esters is 1. The summed E-state index contributed by atoms with van der Waals surface area (Å²) < 4.78 is 15.8. The van der Waals surface area contributed by atoms with E-state index in [9.17, 15) is 14.4 Å². The first-order chi connectivity index (χ1) is 14.9. The van der Waals surface area contributed by atoms with Gasteiger partial charge in [-0.1, -0.05) is 17.7 Å². The molecule has 1 aliphatic heterocycles. The standard InChI is InChI=1S/C22H26N2O6S/c1-4-28-21(26)19-16-10-11-24(22(27)29-5-2)12-17(16)31-20(19)23-18(25)13-30-15-8-6-14(3)7-9-15/h6-9H,4-5,10-13H2,1-3H3,(H,23,25). The molecule has 2 aromatic rings. The number of anilines is 1. The van der Waals surface area contributed by atoms with Gasteiger partial charge in [0.1, 0.15) is 10.8 Å². The minimum Gasteiger partial charge on any atom is -0.484 e. The Morgan fingerprint density at radius 1 is 1.10 bits per heavy atom. The fraction of sp³-hybridized carbons (Fsp3) is 0.409. The van der Waals surface area contributed by atoms with Gasteiger partial charge in [0.25, 0.3) is 5.91 Å². The highest BCUT2D eigenvalue weighted by Gasteiger charge is 2.31. The molecule has 0 fully saturated rings. The van der Waals surface area contributed by atoms with Gasteiger partial charge in [-0.05, 0) is 44.9 Å². The maximum atomic E-state index is 12.6. The van der Waals surface area contributed by atoms with Crippen molar-refractivity contribution in [1.82, 2.24) is 4.90 Å². The zero-order chi connectivity index (χ0) is 22.4. The molecule has 0 aliphatic carbocycles. The lowest BCUT2D eigenvalue weighted by molar-refractivity contribution is -0.118. The van der Waals surface area contributed by atoms with Crippen molar-refractivity contribution in [3.8, 4) is 5.75 Å². The second-order valence-electron chi connectivity index (χ2n) is 6.95. The lowest BCUT2D eigenvalue weighted by Gasteiger charge is -2.26. The van der Waals surface area contributed by atoms with Gasteiger partial charge in [-0.25, -0.2) is 9.59 Å². The quantitative estimate of drug-likeness (QED) is 0.651. The van der Waals surface area contributed by atoms with Crippen LogP contribution in [0.5, 0.6) is 5.75 Å². The second-order valence-corrected chi connectivity index (χ2v) is 8.05. The number of carbonyl (C=O) groups is 3. The molecule has 0 bridgehead atoms. The lowest BCUT2D eigenvalue weighted by Crippen LogP contribution is -2.36. The highest BCUT2D eigenvalue weighted by molar-refractivity contribution is 7.17. The predicted molar refractivity (Wildman–Crippen MR) is 117 cm³/mol. The number of benzene rings is 1. The lowest BCUT2D eigenvalue weighted by atomic mass is 10.0.